The second kappa shape index (κ2) is 6.99. The van der Waals surface area contributed by atoms with E-state index in [1.54, 1.807) is 22.7 Å². The molecule has 0 spiro atoms. The van der Waals surface area contributed by atoms with Crippen molar-refractivity contribution in [2.24, 2.45) is 0 Å². The molecule has 0 unspecified atom stereocenters. The number of thiophene rings is 1. The second-order valence-electron chi connectivity index (χ2n) is 6.09. The van der Waals surface area contributed by atoms with E-state index >= 15 is 0 Å². The fraction of sp³-hybridized carbons (Fsp3) is 0. The number of nitrogens with zero attached hydrogens (tertiary/aromatic N) is 1. The SMILES string of the molecule is c1ccc(Oc2ccc(-c3ccc(-c4nc5ccccc5s4)s3)cc2)cc1. The van der Waals surface area contributed by atoms with E-state index in [4.69, 9.17) is 9.72 Å². The first-order chi connectivity index (χ1) is 13.3. The Bertz CT molecular complexity index is 1160. The summed E-state index contributed by atoms with van der Waals surface area (Å²) in [4.78, 5) is 7.20. The topological polar surface area (TPSA) is 22.1 Å². The Morgan fingerprint density at radius 3 is 2.11 bits per heavy atom. The Morgan fingerprint density at radius 1 is 0.593 bits per heavy atom. The van der Waals surface area contributed by atoms with E-state index in [2.05, 4.69) is 42.5 Å². The molecule has 0 bridgehead atoms. The van der Waals surface area contributed by atoms with Gasteiger partial charge >= 0.3 is 0 Å². The second-order valence-corrected chi connectivity index (χ2v) is 8.20. The van der Waals surface area contributed by atoms with Gasteiger partial charge in [0.1, 0.15) is 16.5 Å². The predicted octanol–water partition coefficient (Wildman–Crippen LogP) is 7.48. The van der Waals surface area contributed by atoms with E-state index in [1.807, 2.05) is 48.5 Å². The summed E-state index contributed by atoms with van der Waals surface area (Å²) in [5.41, 5.74) is 2.25. The molecule has 5 rings (SSSR count). The van der Waals surface area contributed by atoms with Gasteiger partial charge in [-0.25, -0.2) is 4.98 Å². The summed E-state index contributed by atoms with van der Waals surface area (Å²) < 4.78 is 7.10. The molecule has 0 atom stereocenters. The molecule has 2 heterocycles. The van der Waals surface area contributed by atoms with Gasteiger partial charge in [-0.15, -0.1) is 22.7 Å². The number of hydrogen-bond acceptors (Lipinski definition) is 4. The summed E-state index contributed by atoms with van der Waals surface area (Å²) in [6, 6.07) is 30.7. The first-order valence-electron chi connectivity index (χ1n) is 8.64. The van der Waals surface area contributed by atoms with Crippen molar-refractivity contribution in [1.29, 1.82) is 0 Å². The summed E-state index contributed by atoms with van der Waals surface area (Å²) in [7, 11) is 0. The largest absolute Gasteiger partial charge is 0.457 e. The molecule has 0 fully saturated rings. The van der Waals surface area contributed by atoms with Gasteiger partial charge in [-0.1, -0.05) is 30.3 Å². The zero-order chi connectivity index (χ0) is 18.1. The van der Waals surface area contributed by atoms with Crippen LogP contribution in [0.1, 0.15) is 0 Å². The summed E-state index contributed by atoms with van der Waals surface area (Å²) in [5.74, 6) is 1.69. The van der Waals surface area contributed by atoms with Gasteiger partial charge in [0.2, 0.25) is 0 Å². The van der Waals surface area contributed by atoms with Gasteiger partial charge in [0.15, 0.2) is 0 Å². The van der Waals surface area contributed by atoms with Crippen molar-refractivity contribution in [2.45, 2.75) is 0 Å². The molecule has 2 nitrogen and oxygen atoms in total. The Kier molecular flexibility index (Phi) is 4.20. The van der Waals surface area contributed by atoms with Crippen LogP contribution in [0.2, 0.25) is 0 Å². The highest BCUT2D eigenvalue weighted by Gasteiger charge is 2.10. The molecule has 0 aliphatic carbocycles. The van der Waals surface area contributed by atoms with Crippen LogP contribution in [-0.4, -0.2) is 4.98 Å². The minimum absolute atomic E-state index is 0.841. The van der Waals surface area contributed by atoms with Crippen molar-refractivity contribution in [3.05, 3.63) is 91.0 Å². The summed E-state index contributed by atoms with van der Waals surface area (Å²) in [6.07, 6.45) is 0. The van der Waals surface area contributed by atoms with Crippen LogP contribution in [0.4, 0.5) is 0 Å². The molecular formula is C23H15NOS2. The van der Waals surface area contributed by atoms with Crippen molar-refractivity contribution in [1.82, 2.24) is 4.98 Å². The van der Waals surface area contributed by atoms with Crippen LogP contribution in [0.25, 0.3) is 30.5 Å². The molecule has 0 aliphatic rings. The number of thiazole rings is 1. The number of benzene rings is 3. The Hall–Kier alpha value is -2.95. The Morgan fingerprint density at radius 2 is 1.30 bits per heavy atom. The number of hydrogen-bond donors (Lipinski definition) is 0. The van der Waals surface area contributed by atoms with Gasteiger partial charge in [0.25, 0.3) is 0 Å². The van der Waals surface area contributed by atoms with E-state index in [1.165, 1.54) is 20.0 Å². The van der Waals surface area contributed by atoms with Crippen LogP contribution < -0.4 is 4.74 Å². The molecule has 3 aromatic carbocycles. The zero-order valence-electron chi connectivity index (χ0n) is 14.3. The van der Waals surface area contributed by atoms with Crippen molar-refractivity contribution >= 4 is 32.9 Å². The number of ether oxygens (including phenoxy) is 1. The van der Waals surface area contributed by atoms with Gasteiger partial charge in [0, 0.05) is 4.88 Å². The predicted molar refractivity (Wildman–Crippen MR) is 115 cm³/mol. The number of fused-ring (bicyclic) bond motifs is 1. The highest BCUT2D eigenvalue weighted by molar-refractivity contribution is 7.26. The number of para-hydroxylation sites is 2. The van der Waals surface area contributed by atoms with Crippen molar-refractivity contribution in [3.8, 4) is 31.8 Å². The highest BCUT2D eigenvalue weighted by Crippen LogP contribution is 2.38. The molecule has 0 saturated carbocycles. The highest BCUT2D eigenvalue weighted by atomic mass is 32.1. The van der Waals surface area contributed by atoms with E-state index in [0.29, 0.717) is 0 Å². The maximum atomic E-state index is 5.87. The summed E-state index contributed by atoms with van der Waals surface area (Å²) in [6.45, 7) is 0. The standard InChI is InChI=1S/C23H15NOS2/c1-2-6-17(7-3-1)25-18-12-10-16(11-13-18)20-14-15-22(26-20)23-24-19-8-4-5-9-21(19)27-23/h1-15H. The third-order valence-electron chi connectivity index (χ3n) is 4.23. The van der Waals surface area contributed by atoms with Gasteiger partial charge in [0.05, 0.1) is 15.1 Å². The molecule has 0 N–H and O–H groups in total. The van der Waals surface area contributed by atoms with Crippen molar-refractivity contribution < 1.29 is 4.74 Å². The van der Waals surface area contributed by atoms with E-state index < -0.39 is 0 Å². The fourth-order valence-electron chi connectivity index (χ4n) is 2.90. The molecule has 0 radical (unpaired) electrons. The number of rotatable bonds is 4. The molecule has 2 aromatic heterocycles. The monoisotopic (exact) mass is 385 g/mol. The van der Waals surface area contributed by atoms with Crippen molar-refractivity contribution in [3.63, 3.8) is 0 Å². The van der Waals surface area contributed by atoms with Crippen LogP contribution >= 0.6 is 22.7 Å². The van der Waals surface area contributed by atoms with E-state index in [-0.39, 0.29) is 0 Å². The molecule has 130 valence electrons. The van der Waals surface area contributed by atoms with Crippen LogP contribution in [0, 0.1) is 0 Å². The quantitative estimate of drug-likeness (QED) is 0.320. The van der Waals surface area contributed by atoms with E-state index in [0.717, 1.165) is 22.0 Å². The summed E-state index contributed by atoms with van der Waals surface area (Å²) >= 11 is 3.51. The molecule has 0 amide bonds. The van der Waals surface area contributed by atoms with Crippen LogP contribution in [0.5, 0.6) is 11.5 Å². The molecule has 0 aliphatic heterocycles. The van der Waals surface area contributed by atoms with Gasteiger partial charge in [-0.05, 0) is 66.2 Å². The van der Waals surface area contributed by atoms with Gasteiger partial charge in [-0.3, -0.25) is 0 Å². The number of aromatic nitrogens is 1. The molecule has 27 heavy (non-hydrogen) atoms. The van der Waals surface area contributed by atoms with Crippen LogP contribution in [-0.2, 0) is 0 Å². The van der Waals surface area contributed by atoms with Crippen LogP contribution in [0.15, 0.2) is 91.0 Å². The smallest absolute Gasteiger partial charge is 0.134 e. The first kappa shape index (κ1) is 16.2. The lowest BCUT2D eigenvalue weighted by Gasteiger charge is -2.06. The molecule has 5 aromatic rings. The molecule has 4 heteroatoms. The lowest BCUT2D eigenvalue weighted by Crippen LogP contribution is -1.83. The normalized spacial score (nSPS) is 11.0. The average Bonchev–Trinajstić information content (AvgIpc) is 3.36. The minimum atomic E-state index is 0.841. The van der Waals surface area contributed by atoms with Crippen molar-refractivity contribution in [2.75, 3.05) is 0 Å². The zero-order valence-corrected chi connectivity index (χ0v) is 16.0. The average molecular weight is 386 g/mol. The first-order valence-corrected chi connectivity index (χ1v) is 10.3. The maximum Gasteiger partial charge on any atom is 0.134 e. The third kappa shape index (κ3) is 3.37. The van der Waals surface area contributed by atoms with Gasteiger partial charge < -0.3 is 4.74 Å². The lowest BCUT2D eigenvalue weighted by atomic mass is 10.2. The maximum absolute atomic E-state index is 5.87. The van der Waals surface area contributed by atoms with Gasteiger partial charge in [-0.2, -0.15) is 0 Å². The van der Waals surface area contributed by atoms with Crippen LogP contribution in [0.3, 0.4) is 0 Å². The molecular weight excluding hydrogens is 370 g/mol. The minimum Gasteiger partial charge on any atom is -0.457 e. The summed E-state index contributed by atoms with van der Waals surface area (Å²) in [5, 5.41) is 1.08. The fourth-order valence-corrected chi connectivity index (χ4v) is 4.93. The lowest BCUT2D eigenvalue weighted by molar-refractivity contribution is 0.483. The van der Waals surface area contributed by atoms with E-state index in [9.17, 15) is 0 Å². The third-order valence-corrected chi connectivity index (χ3v) is 6.57. The Balaban J connectivity index is 1.39. The Labute approximate surface area is 165 Å². The molecule has 0 saturated heterocycles.